The number of imidazole rings is 3. The Kier molecular flexibility index (Phi) is 46.7. The number of oxazole rings is 1. The Labute approximate surface area is 675 Å². The molecule has 0 amide bonds. The lowest BCUT2D eigenvalue weighted by atomic mass is 10.2. The topological polar surface area (TPSA) is 754 Å². The van der Waals surface area contributed by atoms with Crippen LogP contribution in [0.15, 0.2) is 284 Å². The highest BCUT2D eigenvalue weighted by Crippen LogP contribution is 2.21. The average molecular weight is 1600 g/mol. The van der Waals surface area contributed by atoms with Crippen LogP contribution in [0.4, 0.5) is 121 Å². The minimum absolute atomic E-state index is 0. The highest BCUT2D eigenvalue weighted by atomic mass is 32.1. The fraction of sp³-hybridized carbons (Fsp3) is 0.0526. The quantitative estimate of drug-likeness (QED) is 0.0337. The number of nitrogen functional groups attached to an aromatic ring is 19. The number of carbonyl (C=O) groups is 1. The van der Waals surface area contributed by atoms with E-state index in [0.29, 0.717) is 74.7 Å². The zero-order valence-corrected chi connectivity index (χ0v) is 63.5. The molecule has 0 bridgehead atoms. The molecule has 39 heteroatoms. The maximum atomic E-state index is 10.3. The van der Waals surface area contributed by atoms with Crippen LogP contribution in [0.1, 0.15) is 22.1 Å². The number of nitrogens with one attached hydrogen (secondary N) is 5. The molecule has 0 radical (unpaired) electrons. The summed E-state index contributed by atoms with van der Waals surface area (Å²) in [5.74, 6) is 6.53. The van der Waals surface area contributed by atoms with Gasteiger partial charge >= 0.3 is 5.97 Å². The molecule has 7 aromatic carbocycles. The number of para-hydroxylation sites is 11. The Morgan fingerprint density at radius 1 is 0.435 bits per heavy atom. The van der Waals surface area contributed by atoms with Crippen LogP contribution in [0, 0.1) is 0 Å². The number of benzene rings is 7. The molecule has 45 N–H and O–H groups in total. The minimum atomic E-state index is -0.988. The molecule has 0 aliphatic rings. The second-order valence-electron chi connectivity index (χ2n) is 21.6. The second-order valence-corrected chi connectivity index (χ2v) is 22.1. The van der Waals surface area contributed by atoms with Crippen molar-refractivity contribution in [2.45, 2.75) is 12.3 Å². The number of carboxylic acids is 1. The predicted octanol–water partition coefficient (Wildman–Crippen LogP) is 9.76. The number of hydrogen-bond acceptors (Lipinski definition) is 35. The maximum Gasteiger partial charge on any atom is 0.337 e. The number of thiol groups is 1. The number of pyridine rings is 3. The number of aromatic hydroxyl groups is 1. The molecule has 15 aromatic rings. The van der Waals surface area contributed by atoms with Crippen molar-refractivity contribution in [2.24, 2.45) is 0 Å². The van der Waals surface area contributed by atoms with Gasteiger partial charge in [0.1, 0.15) is 22.9 Å². The van der Waals surface area contributed by atoms with Crippen molar-refractivity contribution >= 4 is 150 Å². The van der Waals surface area contributed by atoms with Crippen LogP contribution in [-0.4, -0.2) is 97.1 Å². The Hall–Kier alpha value is -16.6. The highest BCUT2D eigenvalue weighted by Gasteiger charge is 2.04. The number of rotatable bonds is 4. The molecule has 38 nitrogen and oxygen atoms in total. The number of nitrogens with zero attached hydrogens (tertiary/aromatic N) is 10. The monoisotopic (exact) mass is 1590 g/mol. The van der Waals surface area contributed by atoms with Crippen LogP contribution in [0.3, 0.4) is 0 Å². The van der Waals surface area contributed by atoms with Gasteiger partial charge in [-0.05, 0) is 115 Å². The van der Waals surface area contributed by atoms with Gasteiger partial charge in [-0.25, -0.2) is 34.4 Å². The van der Waals surface area contributed by atoms with Gasteiger partial charge in [0, 0.05) is 85.1 Å². The van der Waals surface area contributed by atoms with Gasteiger partial charge in [0.05, 0.1) is 110 Å². The zero-order valence-electron chi connectivity index (χ0n) is 62.6. The van der Waals surface area contributed by atoms with Crippen LogP contribution in [0.2, 0.25) is 0 Å². The van der Waals surface area contributed by atoms with Crippen molar-refractivity contribution in [1.29, 1.82) is 0 Å². The summed E-state index contributed by atoms with van der Waals surface area (Å²) in [6, 6.07) is 59.8. The zero-order chi connectivity index (χ0) is 84.6. The van der Waals surface area contributed by atoms with E-state index in [-0.39, 0.29) is 34.7 Å². The van der Waals surface area contributed by atoms with Crippen molar-refractivity contribution in [1.82, 2.24) is 59.7 Å². The molecule has 0 fully saturated rings. The summed E-state index contributed by atoms with van der Waals surface area (Å²) in [4.78, 5) is 42.9. The normalized spacial score (nSPS) is 9.04. The number of H-pyrrole nitrogens is 2. The SMILES string of the molecule is C.CNc1ccccc1N.CNc1ccccc1NC.Nc1cccc2[nH]cnc12.Nc1ccccc1C(=O)O.Nc1ccccc1N.Nc1ccccc1O.Nc1ccccc1S.Nc1ccccn1.Nc1cccnc1N.Nc1ccncc1N.Nc1cnncc1N.Nc1ncc[nH]1.Nc1nccn1N.Nc1ncoc1N.[HH].[HH].[HH]. The van der Waals surface area contributed by atoms with Gasteiger partial charge in [0.15, 0.2) is 18.2 Å². The number of carboxylic acid groups (broad SMARTS) is 1. The third-order valence-electron chi connectivity index (χ3n) is 13.3. The van der Waals surface area contributed by atoms with Gasteiger partial charge in [-0.1, -0.05) is 92.4 Å². The van der Waals surface area contributed by atoms with E-state index in [0.717, 1.165) is 50.1 Å². The number of phenols is 1. The number of aromatic carboxylic acids is 1. The van der Waals surface area contributed by atoms with Crippen molar-refractivity contribution in [2.75, 3.05) is 146 Å². The first-order valence-corrected chi connectivity index (χ1v) is 33.5. The molecule has 0 spiro atoms. The molecule has 0 aliphatic heterocycles. The maximum absolute atomic E-state index is 10.3. The molecule has 0 unspecified atom stereocenters. The van der Waals surface area contributed by atoms with E-state index in [9.17, 15) is 4.79 Å². The summed E-state index contributed by atoms with van der Waals surface area (Å²) in [7, 11) is 5.68. The molecule has 15 rings (SSSR count). The molecular formula is C76H110N34O4S. The lowest BCUT2D eigenvalue weighted by molar-refractivity contribution is 0.0698. The van der Waals surface area contributed by atoms with E-state index in [1.807, 2.05) is 136 Å². The number of hydrogen-bond donors (Lipinski definition) is 27. The Morgan fingerprint density at radius 2 is 0.930 bits per heavy atom. The molecule has 115 heavy (non-hydrogen) atoms. The largest absolute Gasteiger partial charge is 0.506 e. The minimum Gasteiger partial charge on any atom is -0.506 e. The summed E-state index contributed by atoms with van der Waals surface area (Å²) >= 11 is 4.07. The number of anilines is 21. The number of aromatic nitrogens is 12. The van der Waals surface area contributed by atoms with Crippen LogP contribution < -0.4 is 125 Å². The molecule has 8 aromatic heterocycles. The first kappa shape index (κ1) is 96.4. The van der Waals surface area contributed by atoms with Gasteiger partial charge in [-0.2, -0.15) is 15.2 Å². The number of aromatic amines is 2. The average Bonchev–Trinajstić information content (AvgIpc) is 1.69. The van der Waals surface area contributed by atoms with E-state index in [1.54, 1.807) is 122 Å². The number of fused-ring (bicyclic) bond motifs is 1. The summed E-state index contributed by atoms with van der Waals surface area (Å²) in [5, 5.41) is 33.4. The molecule has 0 saturated carbocycles. The lowest BCUT2D eigenvalue weighted by Crippen LogP contribution is -2.09. The second kappa shape index (κ2) is 55.8. The third-order valence-corrected chi connectivity index (χ3v) is 13.7. The fourth-order valence-corrected chi connectivity index (χ4v) is 7.40. The summed E-state index contributed by atoms with van der Waals surface area (Å²) in [5.41, 5.74) is 108. The van der Waals surface area contributed by atoms with Crippen molar-refractivity contribution in [3.8, 4) is 5.75 Å². The molecule has 0 saturated heterocycles. The van der Waals surface area contributed by atoms with Crippen LogP contribution >= 0.6 is 12.6 Å². The summed E-state index contributed by atoms with van der Waals surface area (Å²) < 4.78 is 5.76. The first-order valence-electron chi connectivity index (χ1n) is 33.1. The van der Waals surface area contributed by atoms with Crippen molar-refractivity contribution in [3.05, 3.63) is 280 Å². The lowest BCUT2D eigenvalue weighted by Gasteiger charge is -2.06. The molecule has 8 heterocycles. The van der Waals surface area contributed by atoms with Gasteiger partial charge in [0.2, 0.25) is 11.8 Å². The van der Waals surface area contributed by atoms with E-state index < -0.39 is 5.97 Å². The predicted molar refractivity (Wildman–Crippen MR) is 484 cm³/mol. The molecule has 614 valence electrons. The van der Waals surface area contributed by atoms with Gasteiger partial charge in [0.25, 0.3) is 0 Å². The smallest absolute Gasteiger partial charge is 0.337 e. The highest BCUT2D eigenvalue weighted by molar-refractivity contribution is 7.80. The molecule has 0 aliphatic carbocycles. The third kappa shape index (κ3) is 40.8. The van der Waals surface area contributed by atoms with Crippen LogP contribution in [-0.2, 0) is 0 Å². The van der Waals surface area contributed by atoms with Gasteiger partial charge in [-0.3, -0.25) is 4.98 Å². The van der Waals surface area contributed by atoms with Crippen molar-refractivity contribution < 1.29 is 23.7 Å². The van der Waals surface area contributed by atoms with Crippen molar-refractivity contribution in [3.63, 3.8) is 0 Å². The number of nitrogens with two attached hydrogens (primary N) is 19. The fourth-order valence-electron chi connectivity index (χ4n) is 7.24. The first-order chi connectivity index (χ1) is 54.5. The Morgan fingerprint density at radius 3 is 1.23 bits per heavy atom. The van der Waals surface area contributed by atoms with Crippen LogP contribution in [0.25, 0.3) is 11.0 Å². The Bertz CT molecular complexity index is 4540. The van der Waals surface area contributed by atoms with Gasteiger partial charge < -0.3 is 150 Å². The van der Waals surface area contributed by atoms with Crippen LogP contribution in [0.5, 0.6) is 5.75 Å². The van der Waals surface area contributed by atoms with E-state index >= 15 is 0 Å². The molecule has 0 atom stereocenters. The van der Waals surface area contributed by atoms with Gasteiger partial charge in [-0.15, -0.1) is 12.6 Å². The Balaban J connectivity index is -0.00000121. The standard InChI is InChI=1S/C8H12N2.C7H7N3.C7H10N2.C7H7NO2.C6H8N2.C6H7NO.C6H7NS.2C5H7N3.C5H6N2.C4H6N4.C3H6N4.C3H5N3O.C3H5N3.CH4.3H2/c1-9-7-5-3-4-6-8(7)10-2;8-5-2-1-3-6-7(5)10-4-9-6;1-9-7-5-3-2-4-6(7)8;8-6-4-2-1-3-5(6)7(9)10;3*7-5-3-1-2-4-6(5)8;6-4-1-2-8-3-5(4)7;6-4-2-1-3-8-5(4)7;6-5-3-1-2-4-7-5;5-3-1-7-8-2-4(3)6;4-3-6-1-2-7(3)5;4-2-3(5)7-1-6-2;4-3-5-1-2-6-3;;;;/h3-6,9-10H,1-2H3;1-4H,8H2,(H,9,10);2-5,9H,8H2,1H3;1-4H,8H2,(H,9,10);1-4H,7-8H2;2*1-4,8H,7H2;1-3H,7H2,(H2,6,8);1-3H,6H2,(H2,7,8);1-4H,(H2,6,7);1-2H,(H2,6,7)(H2,5,8);1-2H,5H2,(H2,4,6);1H,4-5H2;1-2H,(H3,4,5,6);1H4;3*1H. The summed E-state index contributed by atoms with van der Waals surface area (Å²) in [6.45, 7) is 0. The van der Waals surface area contributed by atoms with E-state index in [4.69, 9.17) is 119 Å². The number of phenolic OH excluding ortho intramolecular Hbond substituents is 1. The van der Waals surface area contributed by atoms with E-state index in [2.05, 4.69) is 88.0 Å². The van der Waals surface area contributed by atoms with E-state index in [1.165, 1.54) is 41.9 Å². The molecular weight excluding hydrogens is 1490 g/mol. The summed E-state index contributed by atoms with van der Waals surface area (Å²) in [6.07, 6.45) is 18.5.